The molecule has 2 aliphatic heterocycles. The molecule has 158 valence electrons. The van der Waals surface area contributed by atoms with Gasteiger partial charge in [-0.15, -0.1) is 11.8 Å². The van der Waals surface area contributed by atoms with E-state index in [0.29, 0.717) is 18.7 Å². The lowest BCUT2D eigenvalue weighted by molar-refractivity contribution is -0.138. The third-order valence-electron chi connectivity index (χ3n) is 6.06. The van der Waals surface area contributed by atoms with E-state index in [4.69, 9.17) is 5.10 Å². The molecule has 2 aromatic carbocycles. The summed E-state index contributed by atoms with van der Waals surface area (Å²) in [6, 6.07) is 19.5. The Balaban J connectivity index is 1.39. The monoisotopic (exact) mass is 432 g/mol. The van der Waals surface area contributed by atoms with Crippen LogP contribution in [0.4, 0.5) is 0 Å². The summed E-state index contributed by atoms with van der Waals surface area (Å²) in [6.45, 7) is 2.42. The molecular formula is C24H24N4O2S. The molecule has 2 fully saturated rings. The normalized spacial score (nSPS) is 22.5. The Hall–Kier alpha value is -3.06. The van der Waals surface area contributed by atoms with Crippen LogP contribution in [-0.2, 0) is 16.1 Å². The standard InChI is InChI=1S/C24H24N4O2S/c1-24-13-12-21(29)28(24)20(16-31-24)23(30)25-14-18-15-27(19-10-6-3-7-11-19)26-22(18)17-8-4-2-5-9-17/h2-11,15,20H,12-14,16H2,1H3,(H,25,30)/t20-,24+/m0/s1. The highest BCUT2D eigenvalue weighted by Gasteiger charge is 2.52. The van der Waals surface area contributed by atoms with Gasteiger partial charge >= 0.3 is 0 Å². The third kappa shape index (κ3) is 3.63. The van der Waals surface area contributed by atoms with Gasteiger partial charge in [0.05, 0.1) is 16.3 Å². The molecule has 0 bridgehead atoms. The first-order valence-electron chi connectivity index (χ1n) is 10.5. The van der Waals surface area contributed by atoms with Crippen LogP contribution in [0.1, 0.15) is 25.3 Å². The molecule has 0 aliphatic carbocycles. The van der Waals surface area contributed by atoms with Crippen molar-refractivity contribution in [3.63, 3.8) is 0 Å². The minimum Gasteiger partial charge on any atom is -0.350 e. The topological polar surface area (TPSA) is 67.2 Å². The van der Waals surface area contributed by atoms with Gasteiger partial charge in [-0.2, -0.15) is 5.10 Å². The number of amides is 2. The lowest BCUT2D eigenvalue weighted by Gasteiger charge is -2.29. The van der Waals surface area contributed by atoms with Crippen LogP contribution in [0.5, 0.6) is 0 Å². The number of benzene rings is 2. The Bertz CT molecular complexity index is 1120. The number of carbonyl (C=O) groups is 2. The molecule has 31 heavy (non-hydrogen) atoms. The van der Waals surface area contributed by atoms with Crippen LogP contribution in [0, 0.1) is 0 Å². The fraction of sp³-hybridized carbons (Fsp3) is 0.292. The SMILES string of the molecule is C[C@@]12CCC(=O)N1[C@H](C(=O)NCc1cn(-c3ccccc3)nc1-c1ccccc1)CS2. The van der Waals surface area contributed by atoms with Crippen molar-refractivity contribution in [2.24, 2.45) is 0 Å². The molecule has 0 saturated carbocycles. The quantitative estimate of drug-likeness (QED) is 0.669. The zero-order chi connectivity index (χ0) is 21.4. The molecule has 3 aromatic rings. The number of hydrogen-bond donors (Lipinski definition) is 1. The van der Waals surface area contributed by atoms with Gasteiger partial charge in [-0.1, -0.05) is 48.5 Å². The Labute approximate surface area is 185 Å². The van der Waals surface area contributed by atoms with Crippen molar-refractivity contribution >= 4 is 23.6 Å². The number of fused-ring (bicyclic) bond motifs is 1. The second kappa shape index (κ2) is 7.89. The molecule has 2 aliphatic rings. The van der Waals surface area contributed by atoms with Gasteiger partial charge in [0.1, 0.15) is 6.04 Å². The van der Waals surface area contributed by atoms with E-state index in [2.05, 4.69) is 12.2 Å². The smallest absolute Gasteiger partial charge is 0.243 e. The highest BCUT2D eigenvalue weighted by molar-refractivity contribution is 8.01. The molecule has 2 saturated heterocycles. The van der Waals surface area contributed by atoms with Crippen LogP contribution in [0.15, 0.2) is 66.9 Å². The van der Waals surface area contributed by atoms with Crippen LogP contribution in [0.3, 0.4) is 0 Å². The maximum absolute atomic E-state index is 13.0. The lowest BCUT2D eigenvalue weighted by Crippen LogP contribution is -2.49. The van der Waals surface area contributed by atoms with Crippen molar-refractivity contribution in [1.82, 2.24) is 20.0 Å². The van der Waals surface area contributed by atoms with Gasteiger partial charge in [-0.25, -0.2) is 4.68 Å². The average Bonchev–Trinajstić information content (AvgIpc) is 3.46. The van der Waals surface area contributed by atoms with E-state index in [-0.39, 0.29) is 16.7 Å². The van der Waals surface area contributed by atoms with Crippen LogP contribution in [0.2, 0.25) is 0 Å². The number of para-hydroxylation sites is 1. The number of hydrogen-bond acceptors (Lipinski definition) is 4. The van der Waals surface area contributed by atoms with Crippen molar-refractivity contribution in [2.75, 3.05) is 5.75 Å². The van der Waals surface area contributed by atoms with Crippen LogP contribution >= 0.6 is 11.8 Å². The first-order valence-corrected chi connectivity index (χ1v) is 11.5. The Morgan fingerprint density at radius 3 is 2.61 bits per heavy atom. The van der Waals surface area contributed by atoms with Gasteiger partial charge in [0.25, 0.3) is 0 Å². The first-order chi connectivity index (χ1) is 15.0. The van der Waals surface area contributed by atoms with Gasteiger partial charge < -0.3 is 10.2 Å². The van der Waals surface area contributed by atoms with Gasteiger partial charge in [-0.3, -0.25) is 9.59 Å². The molecule has 1 aromatic heterocycles. The van der Waals surface area contributed by atoms with Gasteiger partial charge in [0, 0.05) is 36.0 Å². The molecule has 2 amide bonds. The summed E-state index contributed by atoms with van der Waals surface area (Å²) < 4.78 is 1.84. The number of nitrogens with zero attached hydrogens (tertiary/aromatic N) is 3. The van der Waals surface area contributed by atoms with Crippen molar-refractivity contribution < 1.29 is 9.59 Å². The number of rotatable bonds is 5. The molecule has 0 spiro atoms. The number of nitrogens with one attached hydrogen (secondary N) is 1. The molecule has 6 nitrogen and oxygen atoms in total. The Kier molecular flexibility index (Phi) is 5.06. The van der Waals surface area contributed by atoms with Crippen molar-refractivity contribution in [2.45, 2.75) is 37.2 Å². The average molecular weight is 433 g/mol. The summed E-state index contributed by atoms with van der Waals surface area (Å²) in [4.78, 5) is 26.9. The first kappa shape index (κ1) is 19.9. The summed E-state index contributed by atoms with van der Waals surface area (Å²) in [5, 5.41) is 7.87. The van der Waals surface area contributed by atoms with E-state index in [0.717, 1.165) is 28.9 Å². The maximum Gasteiger partial charge on any atom is 0.243 e. The molecule has 0 radical (unpaired) electrons. The maximum atomic E-state index is 13.0. The van der Waals surface area contributed by atoms with E-state index in [9.17, 15) is 9.59 Å². The second-order valence-electron chi connectivity index (χ2n) is 8.13. The highest BCUT2D eigenvalue weighted by Crippen LogP contribution is 2.47. The van der Waals surface area contributed by atoms with E-state index in [1.807, 2.05) is 71.5 Å². The van der Waals surface area contributed by atoms with Crippen molar-refractivity contribution in [3.8, 4) is 16.9 Å². The van der Waals surface area contributed by atoms with Gasteiger partial charge in [0.15, 0.2) is 0 Å². The molecular weight excluding hydrogens is 408 g/mol. The number of thioether (sulfide) groups is 1. The van der Waals surface area contributed by atoms with Crippen molar-refractivity contribution in [3.05, 3.63) is 72.4 Å². The fourth-order valence-corrected chi connectivity index (χ4v) is 5.84. The molecule has 5 rings (SSSR count). The van der Waals surface area contributed by atoms with E-state index < -0.39 is 6.04 Å². The van der Waals surface area contributed by atoms with E-state index in [1.54, 1.807) is 16.7 Å². The second-order valence-corrected chi connectivity index (χ2v) is 9.63. The predicted molar refractivity (Wildman–Crippen MR) is 122 cm³/mol. The summed E-state index contributed by atoms with van der Waals surface area (Å²) in [5.74, 6) is 0.621. The molecule has 0 unspecified atom stereocenters. The summed E-state index contributed by atoms with van der Waals surface area (Å²) >= 11 is 1.71. The highest BCUT2D eigenvalue weighted by atomic mass is 32.2. The van der Waals surface area contributed by atoms with E-state index >= 15 is 0 Å². The van der Waals surface area contributed by atoms with Gasteiger partial charge in [0.2, 0.25) is 11.8 Å². The zero-order valence-electron chi connectivity index (χ0n) is 17.3. The lowest BCUT2D eigenvalue weighted by atomic mass is 10.1. The summed E-state index contributed by atoms with van der Waals surface area (Å²) in [6.07, 6.45) is 3.30. The minimum absolute atomic E-state index is 0.0783. The zero-order valence-corrected chi connectivity index (χ0v) is 18.1. The van der Waals surface area contributed by atoms with Crippen LogP contribution < -0.4 is 5.32 Å². The molecule has 2 atom stereocenters. The molecule has 1 N–H and O–H groups in total. The summed E-state index contributed by atoms with van der Waals surface area (Å²) in [7, 11) is 0. The van der Waals surface area contributed by atoms with Crippen LogP contribution in [-0.4, -0.2) is 43.2 Å². The number of carbonyl (C=O) groups excluding carboxylic acids is 2. The Morgan fingerprint density at radius 1 is 1.16 bits per heavy atom. The van der Waals surface area contributed by atoms with E-state index in [1.165, 1.54) is 0 Å². The molecule has 3 heterocycles. The predicted octanol–water partition coefficient (Wildman–Crippen LogP) is 3.61. The largest absolute Gasteiger partial charge is 0.350 e. The minimum atomic E-state index is -0.408. The summed E-state index contributed by atoms with van der Waals surface area (Å²) in [5.41, 5.74) is 3.74. The van der Waals surface area contributed by atoms with Crippen molar-refractivity contribution in [1.29, 1.82) is 0 Å². The number of aromatic nitrogens is 2. The third-order valence-corrected chi connectivity index (χ3v) is 7.56. The molecule has 7 heteroatoms. The Morgan fingerprint density at radius 2 is 1.87 bits per heavy atom. The van der Waals surface area contributed by atoms with Gasteiger partial charge in [-0.05, 0) is 25.5 Å². The fourth-order valence-electron chi connectivity index (χ4n) is 4.41. The van der Waals surface area contributed by atoms with Crippen LogP contribution in [0.25, 0.3) is 16.9 Å².